The summed E-state index contributed by atoms with van der Waals surface area (Å²) >= 11 is 0. The number of rotatable bonds is 15. The molecular weight excluding hydrogens is 608 g/mol. The Bertz CT molecular complexity index is 1640. The summed E-state index contributed by atoms with van der Waals surface area (Å²) < 4.78 is 17.2. The van der Waals surface area contributed by atoms with E-state index in [0.717, 1.165) is 33.4 Å². The van der Waals surface area contributed by atoms with Crippen LogP contribution in [-0.4, -0.2) is 66.7 Å². The number of carboxylic acid groups (broad SMARTS) is 1. The van der Waals surface area contributed by atoms with Gasteiger partial charge in [-0.1, -0.05) is 109 Å². The summed E-state index contributed by atoms with van der Waals surface area (Å²) in [6.07, 6.45) is -0.109. The normalized spacial score (nSPS) is 16.5. The lowest BCUT2D eigenvalue weighted by Crippen LogP contribution is -2.53. The van der Waals surface area contributed by atoms with Crippen LogP contribution in [0.5, 0.6) is 0 Å². The third-order valence-corrected chi connectivity index (χ3v) is 8.12. The first-order valence-electron chi connectivity index (χ1n) is 16.2. The molecule has 3 N–H and O–H groups in total. The minimum atomic E-state index is -1.02. The van der Waals surface area contributed by atoms with E-state index in [1.54, 1.807) is 13.8 Å². The maximum Gasteiger partial charge on any atom is 0.323 e. The quantitative estimate of drug-likeness (QED) is 0.146. The van der Waals surface area contributed by atoms with Gasteiger partial charge in [-0.05, 0) is 60.1 Å². The summed E-state index contributed by atoms with van der Waals surface area (Å²) in [6.45, 7) is 3.87. The molecule has 4 aromatic carbocycles. The van der Waals surface area contributed by atoms with Crippen molar-refractivity contribution in [1.29, 1.82) is 0 Å². The molecule has 2 unspecified atom stereocenters. The predicted molar refractivity (Wildman–Crippen MR) is 183 cm³/mol. The fraction of sp³-hybridized carbons (Fsp3) is 0.308. The van der Waals surface area contributed by atoms with Crippen molar-refractivity contribution in [3.8, 4) is 22.3 Å². The molecule has 1 saturated heterocycles. The van der Waals surface area contributed by atoms with Gasteiger partial charge in [-0.3, -0.25) is 19.7 Å². The molecule has 0 spiro atoms. The minimum absolute atomic E-state index is 0.00378. The van der Waals surface area contributed by atoms with Crippen LogP contribution in [0.4, 0.5) is 0 Å². The molecule has 250 valence electrons. The second kappa shape index (κ2) is 16.3. The van der Waals surface area contributed by atoms with Crippen molar-refractivity contribution in [2.24, 2.45) is 0 Å². The van der Waals surface area contributed by atoms with Gasteiger partial charge in [-0.2, -0.15) is 0 Å². The highest BCUT2D eigenvalue weighted by atomic mass is 16.7. The third-order valence-electron chi connectivity index (χ3n) is 8.12. The number of ether oxygens (including phenoxy) is 3. The molecule has 0 radical (unpaired) electrons. The van der Waals surface area contributed by atoms with Gasteiger partial charge >= 0.3 is 11.9 Å². The number of carbonyl (C=O) groups excluding carboxylic acids is 2. The molecule has 0 aliphatic carbocycles. The van der Waals surface area contributed by atoms with Crippen LogP contribution in [0.1, 0.15) is 31.4 Å². The topological polar surface area (TPSA) is 123 Å². The molecular formula is C39H42N2O7. The molecule has 1 fully saturated rings. The summed E-state index contributed by atoms with van der Waals surface area (Å²) in [5, 5.41) is 15.1. The Kier molecular flexibility index (Phi) is 11.7. The predicted octanol–water partition coefficient (Wildman–Crippen LogP) is 5.42. The first-order chi connectivity index (χ1) is 23.1. The zero-order valence-corrected chi connectivity index (χ0v) is 27.3. The molecule has 3 atom stereocenters. The summed E-state index contributed by atoms with van der Waals surface area (Å²) in [6, 6.07) is 34.1. The number of carbonyl (C=O) groups is 3. The minimum Gasteiger partial charge on any atom is -0.481 e. The van der Waals surface area contributed by atoms with Crippen LogP contribution in [0.25, 0.3) is 22.3 Å². The Labute approximate surface area is 281 Å². The van der Waals surface area contributed by atoms with Crippen molar-refractivity contribution >= 4 is 17.8 Å². The van der Waals surface area contributed by atoms with Crippen molar-refractivity contribution < 1.29 is 33.7 Å². The van der Waals surface area contributed by atoms with Gasteiger partial charge in [0.05, 0.1) is 19.1 Å². The Morgan fingerprint density at radius 2 is 1.27 bits per heavy atom. The van der Waals surface area contributed by atoms with Gasteiger partial charge in [0.25, 0.3) is 0 Å². The zero-order chi connectivity index (χ0) is 33.9. The molecule has 9 nitrogen and oxygen atoms in total. The van der Waals surface area contributed by atoms with E-state index in [4.69, 9.17) is 19.3 Å². The van der Waals surface area contributed by atoms with E-state index in [1.165, 1.54) is 0 Å². The Balaban J connectivity index is 1.35. The molecule has 5 rings (SSSR count). The van der Waals surface area contributed by atoms with Crippen LogP contribution in [0, 0.1) is 0 Å². The van der Waals surface area contributed by atoms with E-state index >= 15 is 0 Å². The van der Waals surface area contributed by atoms with Gasteiger partial charge < -0.3 is 24.6 Å². The van der Waals surface area contributed by atoms with Crippen molar-refractivity contribution in [2.75, 3.05) is 19.8 Å². The largest absolute Gasteiger partial charge is 0.481 e. The lowest BCUT2D eigenvalue weighted by Gasteiger charge is -2.25. The van der Waals surface area contributed by atoms with Gasteiger partial charge in [-0.15, -0.1) is 0 Å². The highest BCUT2D eigenvalue weighted by Gasteiger charge is 2.34. The highest BCUT2D eigenvalue weighted by Crippen LogP contribution is 2.24. The summed E-state index contributed by atoms with van der Waals surface area (Å²) in [5.41, 5.74) is 5.99. The molecule has 1 amide bonds. The number of amides is 1. The number of aliphatic carboxylic acids is 1. The molecule has 0 aromatic heterocycles. The smallest absolute Gasteiger partial charge is 0.323 e. The average molecular weight is 651 g/mol. The standard InChI is InChI=1S/C39H42N2O7/c1-39(2)47-26-33(48-39)25-46-38(45)35(24-28-15-19-32(20-16-28)30-11-7-4-8-12-30)41-34(37(44)40-22-21-36(42)43)23-27-13-17-31(18-14-27)29-9-5-3-6-10-29/h3-20,33-35,41H,21-26H2,1-2H3,(H,40,44)(H,42,43)/t33?,34-,35?/m0/s1. The van der Waals surface area contributed by atoms with E-state index < -0.39 is 41.8 Å². The SMILES string of the molecule is CC1(C)OCC(COC(=O)C(Cc2ccc(-c3ccccc3)cc2)N[C@@H](Cc2ccc(-c3ccccc3)cc2)C(=O)NCCC(=O)O)O1. The molecule has 9 heteroatoms. The van der Waals surface area contributed by atoms with Crippen LogP contribution in [0.3, 0.4) is 0 Å². The maximum absolute atomic E-state index is 13.7. The Hall–Kier alpha value is -4.83. The molecule has 1 aliphatic heterocycles. The van der Waals surface area contributed by atoms with Crippen molar-refractivity contribution in [2.45, 2.75) is 57.1 Å². The number of carboxylic acids is 1. The van der Waals surface area contributed by atoms with Crippen LogP contribution < -0.4 is 10.6 Å². The van der Waals surface area contributed by atoms with E-state index in [1.807, 2.05) is 109 Å². The second-order valence-electron chi connectivity index (χ2n) is 12.3. The van der Waals surface area contributed by atoms with Gasteiger partial charge in [0.1, 0.15) is 18.8 Å². The van der Waals surface area contributed by atoms with Crippen LogP contribution >= 0.6 is 0 Å². The first kappa shape index (κ1) is 34.5. The fourth-order valence-electron chi connectivity index (χ4n) is 5.62. The zero-order valence-electron chi connectivity index (χ0n) is 27.3. The fourth-order valence-corrected chi connectivity index (χ4v) is 5.62. The van der Waals surface area contributed by atoms with E-state index in [-0.39, 0.29) is 32.4 Å². The molecule has 1 heterocycles. The summed E-state index contributed by atoms with van der Waals surface area (Å²) in [4.78, 5) is 38.3. The van der Waals surface area contributed by atoms with Crippen LogP contribution in [-0.2, 0) is 41.4 Å². The third kappa shape index (κ3) is 10.1. The first-order valence-corrected chi connectivity index (χ1v) is 16.2. The molecule has 0 saturated carbocycles. The van der Waals surface area contributed by atoms with Gasteiger partial charge in [-0.25, -0.2) is 0 Å². The second-order valence-corrected chi connectivity index (χ2v) is 12.3. The van der Waals surface area contributed by atoms with E-state index in [2.05, 4.69) is 10.6 Å². The molecule has 4 aromatic rings. The average Bonchev–Trinajstić information content (AvgIpc) is 3.45. The maximum atomic E-state index is 13.7. The molecule has 48 heavy (non-hydrogen) atoms. The lowest BCUT2D eigenvalue weighted by atomic mass is 9.98. The van der Waals surface area contributed by atoms with Crippen molar-refractivity contribution in [3.05, 3.63) is 120 Å². The number of hydrogen-bond acceptors (Lipinski definition) is 7. The van der Waals surface area contributed by atoms with E-state index in [9.17, 15) is 14.4 Å². The van der Waals surface area contributed by atoms with Crippen molar-refractivity contribution in [1.82, 2.24) is 10.6 Å². The number of hydrogen-bond donors (Lipinski definition) is 3. The number of esters is 1. The monoisotopic (exact) mass is 650 g/mol. The van der Waals surface area contributed by atoms with Gasteiger partial charge in [0.2, 0.25) is 5.91 Å². The Morgan fingerprint density at radius 3 is 1.75 bits per heavy atom. The number of nitrogens with one attached hydrogen (secondary N) is 2. The molecule has 0 bridgehead atoms. The summed E-state index contributed by atoms with van der Waals surface area (Å²) in [5.74, 6) is -2.71. The number of benzene rings is 4. The van der Waals surface area contributed by atoms with Crippen LogP contribution in [0.15, 0.2) is 109 Å². The molecule has 1 aliphatic rings. The van der Waals surface area contributed by atoms with Gasteiger partial charge in [0, 0.05) is 6.54 Å². The highest BCUT2D eigenvalue weighted by molar-refractivity contribution is 5.84. The summed E-state index contributed by atoms with van der Waals surface area (Å²) in [7, 11) is 0. The van der Waals surface area contributed by atoms with Crippen molar-refractivity contribution in [3.63, 3.8) is 0 Å². The van der Waals surface area contributed by atoms with Crippen LogP contribution in [0.2, 0.25) is 0 Å². The lowest BCUT2D eigenvalue weighted by molar-refractivity contribution is -0.160. The Morgan fingerprint density at radius 1 is 0.771 bits per heavy atom. The van der Waals surface area contributed by atoms with Gasteiger partial charge in [0.15, 0.2) is 5.79 Å². The van der Waals surface area contributed by atoms with E-state index in [0.29, 0.717) is 6.61 Å².